The van der Waals surface area contributed by atoms with Crippen LogP contribution in [-0.4, -0.2) is 52.6 Å². The summed E-state index contributed by atoms with van der Waals surface area (Å²) in [5.74, 6) is 1.71. The topological polar surface area (TPSA) is 139 Å². The largest absolute Gasteiger partial charge is 0.616 e. The Morgan fingerprint density at radius 1 is 0.793 bits per heavy atom. The summed E-state index contributed by atoms with van der Waals surface area (Å²) in [6, 6.07) is 0. The molecular weight excluding hydrogens is 416 g/mol. The van der Waals surface area contributed by atoms with Gasteiger partial charge in [-0.3, -0.25) is 0 Å². The van der Waals surface area contributed by atoms with Gasteiger partial charge in [0.05, 0.1) is 11.1 Å². The van der Waals surface area contributed by atoms with Crippen LogP contribution in [-0.2, 0) is 33.2 Å². The van der Waals surface area contributed by atoms with Crippen LogP contribution >= 0.6 is 0 Å². The molecular formula is C19H30N2O6S2. The van der Waals surface area contributed by atoms with Crippen molar-refractivity contribution in [2.75, 3.05) is 23.0 Å². The van der Waals surface area contributed by atoms with Crippen LogP contribution in [0.4, 0.5) is 0 Å². The Morgan fingerprint density at radius 2 is 1.17 bits per heavy atom. The number of aromatic hydroxyl groups is 2. The highest BCUT2D eigenvalue weighted by Crippen LogP contribution is 2.34. The van der Waals surface area contributed by atoms with Gasteiger partial charge < -0.3 is 28.4 Å². The van der Waals surface area contributed by atoms with Gasteiger partial charge in [0.1, 0.15) is 35.5 Å². The predicted octanol–water partition coefficient (Wildman–Crippen LogP) is 3.00. The molecule has 8 nitrogen and oxygen atoms in total. The molecule has 2 heterocycles. The minimum Gasteiger partial charge on any atom is -0.616 e. The highest BCUT2D eigenvalue weighted by molar-refractivity contribution is 7.92. The predicted molar refractivity (Wildman–Crippen MR) is 112 cm³/mol. The fourth-order valence-electron chi connectivity index (χ4n) is 2.98. The molecule has 2 aromatic heterocycles. The Morgan fingerprint density at radius 3 is 1.48 bits per heavy atom. The first-order chi connectivity index (χ1) is 13.5. The Kier molecular flexibility index (Phi) is 8.33. The van der Waals surface area contributed by atoms with Gasteiger partial charge in [-0.2, -0.15) is 0 Å². The third-order valence-corrected chi connectivity index (χ3v) is 8.02. The van der Waals surface area contributed by atoms with E-state index in [0.29, 0.717) is 53.4 Å². The van der Waals surface area contributed by atoms with Crippen molar-refractivity contribution in [3.63, 3.8) is 0 Å². The maximum Gasteiger partial charge on any atom is 0.255 e. The summed E-state index contributed by atoms with van der Waals surface area (Å²) >= 11 is -2.04. The second-order valence-electron chi connectivity index (χ2n) is 8.42. The molecule has 0 amide bonds. The third kappa shape index (κ3) is 6.84. The van der Waals surface area contributed by atoms with Crippen LogP contribution in [0.5, 0.6) is 11.8 Å². The molecule has 0 aromatic carbocycles. The monoisotopic (exact) mass is 446 g/mol. The summed E-state index contributed by atoms with van der Waals surface area (Å²) in [6.45, 7) is 7.78. The van der Waals surface area contributed by atoms with Gasteiger partial charge in [0.25, 0.3) is 11.8 Å². The molecule has 2 N–H and O–H groups in total. The van der Waals surface area contributed by atoms with Crippen LogP contribution in [0.3, 0.4) is 0 Å². The van der Waals surface area contributed by atoms with Gasteiger partial charge in [0, 0.05) is 30.1 Å². The van der Waals surface area contributed by atoms with E-state index in [9.17, 15) is 19.3 Å². The van der Waals surface area contributed by atoms with E-state index in [1.54, 1.807) is 0 Å². The average Bonchev–Trinajstić information content (AvgIpc) is 3.27. The van der Waals surface area contributed by atoms with E-state index in [0.717, 1.165) is 0 Å². The van der Waals surface area contributed by atoms with Crippen molar-refractivity contribution < 1.29 is 28.4 Å². The van der Waals surface area contributed by atoms with Crippen molar-refractivity contribution in [3.8, 4) is 11.8 Å². The first-order valence-corrected chi connectivity index (χ1v) is 12.5. The zero-order chi connectivity index (χ0) is 21.7. The van der Waals surface area contributed by atoms with Crippen molar-refractivity contribution in [2.24, 2.45) is 0 Å². The first kappa shape index (κ1) is 23.9. The standard InChI is InChI=1S/C19H30N2O6S2/c1-18(2,14-12-26-20-16(14)22)6-10-28(24)8-5-9-29(25)11-7-19(3,4)15-13-27-21-17(15)23/h12-13H,5-11H2,1-4H3,(H,20,22)(H,21,23). The minimum absolute atomic E-state index is 0.126. The molecule has 0 saturated heterocycles. The van der Waals surface area contributed by atoms with E-state index in [1.807, 2.05) is 27.7 Å². The quantitative estimate of drug-likeness (QED) is 0.474. The van der Waals surface area contributed by atoms with Crippen molar-refractivity contribution in [2.45, 2.75) is 57.8 Å². The van der Waals surface area contributed by atoms with Crippen LogP contribution in [0.15, 0.2) is 21.6 Å². The molecule has 0 aliphatic rings. The van der Waals surface area contributed by atoms with E-state index in [-0.39, 0.29) is 22.6 Å². The fraction of sp³-hybridized carbons (Fsp3) is 0.684. The number of hydrogen-bond acceptors (Lipinski definition) is 8. The molecule has 164 valence electrons. The maximum atomic E-state index is 12.3. The van der Waals surface area contributed by atoms with Crippen LogP contribution in [0.25, 0.3) is 0 Å². The Bertz CT molecular complexity index is 699. The van der Waals surface area contributed by atoms with Crippen molar-refractivity contribution in [3.05, 3.63) is 23.7 Å². The molecule has 2 rings (SSSR count). The zero-order valence-corrected chi connectivity index (χ0v) is 19.0. The molecule has 0 saturated carbocycles. The Balaban J connectivity index is 1.67. The molecule has 2 atom stereocenters. The summed E-state index contributed by atoms with van der Waals surface area (Å²) in [7, 11) is 0. The molecule has 0 bridgehead atoms. The lowest BCUT2D eigenvalue weighted by molar-refractivity contribution is 0.357. The number of aromatic nitrogens is 2. The molecule has 2 aromatic rings. The van der Waals surface area contributed by atoms with Gasteiger partial charge in [-0.25, -0.2) is 0 Å². The van der Waals surface area contributed by atoms with E-state index in [2.05, 4.69) is 10.3 Å². The van der Waals surface area contributed by atoms with E-state index in [4.69, 9.17) is 9.05 Å². The highest BCUT2D eigenvalue weighted by Gasteiger charge is 2.30. The van der Waals surface area contributed by atoms with Crippen molar-refractivity contribution >= 4 is 22.4 Å². The van der Waals surface area contributed by atoms with Crippen molar-refractivity contribution in [1.29, 1.82) is 0 Å². The molecule has 2 unspecified atom stereocenters. The third-order valence-electron chi connectivity index (χ3n) is 5.21. The lowest BCUT2D eigenvalue weighted by Crippen LogP contribution is -2.25. The number of hydrogen-bond donors (Lipinski definition) is 2. The van der Waals surface area contributed by atoms with Crippen LogP contribution in [0.1, 0.15) is 58.1 Å². The second kappa shape index (κ2) is 10.1. The van der Waals surface area contributed by atoms with Crippen molar-refractivity contribution in [1.82, 2.24) is 10.3 Å². The van der Waals surface area contributed by atoms with Crippen LogP contribution < -0.4 is 0 Å². The van der Waals surface area contributed by atoms with Gasteiger partial charge in [0.2, 0.25) is 0 Å². The Labute approximate surface area is 177 Å². The van der Waals surface area contributed by atoms with Crippen LogP contribution in [0.2, 0.25) is 0 Å². The van der Waals surface area contributed by atoms with E-state index in [1.165, 1.54) is 12.5 Å². The molecule has 0 spiro atoms. The molecule has 0 fully saturated rings. The summed E-state index contributed by atoms with van der Waals surface area (Å²) in [6.07, 6.45) is 4.70. The summed E-state index contributed by atoms with van der Waals surface area (Å²) in [4.78, 5) is 0. The van der Waals surface area contributed by atoms with Gasteiger partial charge in [-0.15, -0.1) is 0 Å². The van der Waals surface area contributed by atoms with Crippen LogP contribution in [0, 0.1) is 0 Å². The maximum absolute atomic E-state index is 12.3. The van der Waals surface area contributed by atoms with Gasteiger partial charge >= 0.3 is 0 Å². The smallest absolute Gasteiger partial charge is 0.255 e. The van der Waals surface area contributed by atoms with E-state index >= 15 is 0 Å². The lowest BCUT2D eigenvalue weighted by atomic mass is 9.84. The summed E-state index contributed by atoms with van der Waals surface area (Å²) in [5, 5.41) is 26.4. The number of rotatable bonds is 12. The normalized spacial score (nSPS) is 14.8. The van der Waals surface area contributed by atoms with Gasteiger partial charge in [0.15, 0.2) is 0 Å². The first-order valence-electron chi connectivity index (χ1n) is 9.50. The molecule has 10 heteroatoms. The molecule has 0 radical (unpaired) electrons. The lowest BCUT2D eigenvalue weighted by Gasteiger charge is -2.24. The SMILES string of the molecule is CC(C)(CC[S+]([O-])CCC[S+]([O-])CCC(C)(C)c1conc1O)c1conc1O. The highest BCUT2D eigenvalue weighted by atomic mass is 32.2. The average molecular weight is 447 g/mol. The summed E-state index contributed by atoms with van der Waals surface area (Å²) < 4.78 is 34.2. The summed E-state index contributed by atoms with van der Waals surface area (Å²) in [5.41, 5.74) is 0.442. The fourth-order valence-corrected chi connectivity index (χ4v) is 5.98. The molecule has 29 heavy (non-hydrogen) atoms. The minimum atomic E-state index is -1.02. The number of nitrogens with zero attached hydrogens (tertiary/aromatic N) is 2. The van der Waals surface area contributed by atoms with Gasteiger partial charge in [-0.05, 0) is 10.3 Å². The second-order valence-corrected chi connectivity index (χ2v) is 11.8. The molecule has 0 aliphatic carbocycles. The zero-order valence-electron chi connectivity index (χ0n) is 17.3. The molecule has 0 aliphatic heterocycles. The van der Waals surface area contributed by atoms with E-state index < -0.39 is 22.4 Å². The van der Waals surface area contributed by atoms with Gasteiger partial charge in [-0.1, -0.05) is 50.0 Å². The Hall–Kier alpha value is -1.36.